The lowest BCUT2D eigenvalue weighted by molar-refractivity contribution is -0.0288. The van der Waals surface area contributed by atoms with Crippen LogP contribution in [-0.4, -0.2) is 65.4 Å². The predicted octanol–water partition coefficient (Wildman–Crippen LogP) is -0.000300. The zero-order valence-corrected chi connectivity index (χ0v) is 13.1. The van der Waals surface area contributed by atoms with Crippen molar-refractivity contribution >= 4 is 40.3 Å². The number of thioether (sulfide) groups is 1. The third-order valence-corrected chi connectivity index (χ3v) is 4.97. The first-order valence-corrected chi connectivity index (χ1v) is 8.40. The van der Waals surface area contributed by atoms with Crippen LogP contribution in [0, 0.1) is 0 Å². The Bertz CT molecular complexity index is 657. The second-order valence-electron chi connectivity index (χ2n) is 4.89. The van der Waals surface area contributed by atoms with Crippen molar-refractivity contribution < 1.29 is 14.9 Å². The molecule has 0 radical (unpaired) electrons. The largest absolute Gasteiger partial charge is 0.387 e. The highest BCUT2D eigenvalue weighted by Gasteiger charge is 2.44. The molecule has 8 nitrogen and oxygen atoms in total. The predicted molar refractivity (Wildman–Crippen MR) is 83.7 cm³/mol. The Balaban J connectivity index is 1.83. The summed E-state index contributed by atoms with van der Waals surface area (Å²) in [7, 11) is 0. The molecule has 0 aliphatic carbocycles. The van der Waals surface area contributed by atoms with E-state index in [1.807, 2.05) is 0 Å². The average Bonchev–Trinajstić information content (AvgIpc) is 3.05. The standard InChI is InChI=1S/C12H16ClN5O3S/c13-1-2-22-3-6-8(19)9(20)12(21-6)18-5-17-7-10(14)15-4-16-11(7)18/h4-6,8-9,12,19-20H,1-3H2,(H2,14,15,16)/t6-,8?,9?,12-/m1/s1. The molecule has 3 heterocycles. The molecular formula is C12H16ClN5O3S. The summed E-state index contributed by atoms with van der Waals surface area (Å²) in [6, 6.07) is 0. The van der Waals surface area contributed by atoms with E-state index in [9.17, 15) is 10.2 Å². The molecule has 1 fully saturated rings. The minimum Gasteiger partial charge on any atom is -0.387 e. The number of alkyl halides is 1. The van der Waals surface area contributed by atoms with E-state index in [4.69, 9.17) is 22.1 Å². The number of hydrogen-bond acceptors (Lipinski definition) is 8. The second kappa shape index (κ2) is 6.55. The number of nitrogen functional groups attached to an aromatic ring is 1. The van der Waals surface area contributed by atoms with E-state index in [2.05, 4.69) is 15.0 Å². The fourth-order valence-corrected chi connectivity index (χ4v) is 3.52. The summed E-state index contributed by atoms with van der Waals surface area (Å²) in [5.41, 5.74) is 6.64. The Hall–Kier alpha value is -1.13. The van der Waals surface area contributed by atoms with Crippen LogP contribution in [0.25, 0.3) is 11.2 Å². The van der Waals surface area contributed by atoms with Crippen molar-refractivity contribution in [3.05, 3.63) is 12.7 Å². The van der Waals surface area contributed by atoms with Crippen LogP contribution in [0.1, 0.15) is 6.23 Å². The van der Waals surface area contributed by atoms with Crippen LogP contribution < -0.4 is 5.73 Å². The van der Waals surface area contributed by atoms with E-state index in [0.29, 0.717) is 22.8 Å². The lowest BCUT2D eigenvalue weighted by atomic mass is 10.1. The van der Waals surface area contributed by atoms with Gasteiger partial charge >= 0.3 is 0 Å². The maximum atomic E-state index is 10.3. The number of rotatable bonds is 5. The van der Waals surface area contributed by atoms with E-state index in [-0.39, 0.29) is 5.82 Å². The van der Waals surface area contributed by atoms with Gasteiger partial charge in [-0.15, -0.1) is 11.6 Å². The van der Waals surface area contributed by atoms with Gasteiger partial charge in [0.2, 0.25) is 0 Å². The van der Waals surface area contributed by atoms with Gasteiger partial charge in [0.25, 0.3) is 0 Å². The number of aliphatic hydroxyl groups is 2. The van der Waals surface area contributed by atoms with Crippen molar-refractivity contribution in [1.82, 2.24) is 19.5 Å². The zero-order chi connectivity index (χ0) is 15.7. The fraction of sp³-hybridized carbons (Fsp3) is 0.583. The molecule has 2 aromatic rings. The number of nitrogens with zero attached hydrogens (tertiary/aromatic N) is 4. The summed E-state index contributed by atoms with van der Waals surface area (Å²) in [5.74, 6) is 2.09. The molecule has 1 aliphatic rings. The number of ether oxygens (including phenoxy) is 1. The molecule has 0 spiro atoms. The molecule has 3 rings (SSSR count). The lowest BCUT2D eigenvalue weighted by Crippen LogP contribution is -2.32. The molecule has 0 aromatic carbocycles. The number of fused-ring (bicyclic) bond motifs is 1. The first-order valence-electron chi connectivity index (χ1n) is 6.71. The maximum Gasteiger partial charge on any atom is 0.167 e. The lowest BCUT2D eigenvalue weighted by Gasteiger charge is -2.16. The Labute approximate surface area is 135 Å². The van der Waals surface area contributed by atoms with Gasteiger partial charge in [-0.2, -0.15) is 11.8 Å². The summed E-state index contributed by atoms with van der Waals surface area (Å²) < 4.78 is 7.35. The number of halogens is 1. The van der Waals surface area contributed by atoms with Crippen molar-refractivity contribution in [2.45, 2.75) is 24.5 Å². The van der Waals surface area contributed by atoms with Crippen LogP contribution in [0.4, 0.5) is 5.82 Å². The molecule has 120 valence electrons. The maximum absolute atomic E-state index is 10.3. The molecule has 1 aliphatic heterocycles. The van der Waals surface area contributed by atoms with Crippen LogP contribution in [0.2, 0.25) is 0 Å². The summed E-state index contributed by atoms with van der Waals surface area (Å²) in [5, 5.41) is 20.4. The molecule has 1 saturated heterocycles. The van der Waals surface area contributed by atoms with Crippen molar-refractivity contribution in [3.63, 3.8) is 0 Å². The van der Waals surface area contributed by atoms with Crippen molar-refractivity contribution in [3.8, 4) is 0 Å². The molecule has 2 unspecified atom stereocenters. The van der Waals surface area contributed by atoms with Crippen LogP contribution in [0.15, 0.2) is 12.7 Å². The van der Waals surface area contributed by atoms with Gasteiger partial charge in [-0.05, 0) is 0 Å². The summed E-state index contributed by atoms with van der Waals surface area (Å²) in [4.78, 5) is 12.1. The second-order valence-corrected chi connectivity index (χ2v) is 6.42. The smallest absolute Gasteiger partial charge is 0.167 e. The van der Waals surface area contributed by atoms with Crippen molar-refractivity contribution in [2.75, 3.05) is 23.1 Å². The van der Waals surface area contributed by atoms with Crippen LogP contribution in [0.5, 0.6) is 0 Å². The number of imidazole rings is 1. The number of anilines is 1. The molecule has 2 aromatic heterocycles. The van der Waals surface area contributed by atoms with E-state index in [0.717, 1.165) is 5.75 Å². The number of aliphatic hydroxyl groups excluding tert-OH is 2. The Kier molecular flexibility index (Phi) is 4.69. The number of hydrogen-bond donors (Lipinski definition) is 3. The minimum absolute atomic E-state index is 0.256. The van der Waals surface area contributed by atoms with Gasteiger partial charge in [-0.1, -0.05) is 0 Å². The normalized spacial score (nSPS) is 28.5. The van der Waals surface area contributed by atoms with Crippen molar-refractivity contribution in [2.24, 2.45) is 0 Å². The van der Waals surface area contributed by atoms with Gasteiger partial charge in [0.1, 0.15) is 24.1 Å². The van der Waals surface area contributed by atoms with E-state index in [1.165, 1.54) is 12.7 Å². The molecule has 0 bridgehead atoms. The summed E-state index contributed by atoms with van der Waals surface area (Å²) in [6.45, 7) is 0. The molecule has 22 heavy (non-hydrogen) atoms. The monoisotopic (exact) mass is 345 g/mol. The Morgan fingerprint density at radius 3 is 2.91 bits per heavy atom. The third kappa shape index (κ3) is 2.74. The molecule has 10 heteroatoms. The SMILES string of the molecule is Nc1ncnc2c1ncn2[C@@H]1O[C@H](CSCCCl)C(O)C1O. The molecule has 4 N–H and O–H groups in total. The number of aromatic nitrogens is 4. The fourth-order valence-electron chi connectivity index (χ4n) is 2.41. The highest BCUT2D eigenvalue weighted by molar-refractivity contribution is 7.99. The average molecular weight is 346 g/mol. The highest BCUT2D eigenvalue weighted by Crippen LogP contribution is 2.33. The third-order valence-electron chi connectivity index (χ3n) is 3.50. The van der Waals surface area contributed by atoms with E-state index in [1.54, 1.807) is 16.3 Å². The van der Waals surface area contributed by atoms with E-state index < -0.39 is 24.5 Å². The first-order chi connectivity index (χ1) is 10.6. The molecular weight excluding hydrogens is 330 g/mol. The van der Waals surface area contributed by atoms with Gasteiger partial charge in [-0.3, -0.25) is 4.57 Å². The van der Waals surface area contributed by atoms with Crippen LogP contribution in [0.3, 0.4) is 0 Å². The van der Waals surface area contributed by atoms with Crippen LogP contribution in [-0.2, 0) is 4.74 Å². The topological polar surface area (TPSA) is 119 Å². The van der Waals surface area contributed by atoms with Crippen LogP contribution >= 0.6 is 23.4 Å². The number of nitrogens with two attached hydrogens (primary N) is 1. The Morgan fingerprint density at radius 1 is 1.32 bits per heavy atom. The minimum atomic E-state index is -1.07. The highest BCUT2D eigenvalue weighted by atomic mass is 35.5. The van der Waals surface area contributed by atoms with Gasteiger partial charge in [0, 0.05) is 17.4 Å². The Morgan fingerprint density at radius 2 is 2.14 bits per heavy atom. The zero-order valence-electron chi connectivity index (χ0n) is 11.5. The molecule has 0 amide bonds. The molecule has 4 atom stereocenters. The molecule has 0 saturated carbocycles. The van der Waals surface area contributed by atoms with Gasteiger partial charge in [0.15, 0.2) is 17.7 Å². The van der Waals surface area contributed by atoms with Gasteiger partial charge in [0.05, 0.1) is 12.4 Å². The van der Waals surface area contributed by atoms with Gasteiger partial charge in [-0.25, -0.2) is 15.0 Å². The summed E-state index contributed by atoms with van der Waals surface area (Å²) in [6.07, 6.45) is -0.508. The van der Waals surface area contributed by atoms with Gasteiger partial charge < -0.3 is 20.7 Å². The quantitative estimate of drug-likeness (QED) is 0.511. The van der Waals surface area contributed by atoms with E-state index >= 15 is 0 Å². The summed E-state index contributed by atoms with van der Waals surface area (Å²) >= 11 is 7.19. The first kappa shape index (κ1) is 15.8. The van der Waals surface area contributed by atoms with Crippen molar-refractivity contribution in [1.29, 1.82) is 0 Å².